The normalized spacial score (nSPS) is 17.8. The Morgan fingerprint density at radius 3 is 2.57 bits per heavy atom. The third kappa shape index (κ3) is 5.68. The highest BCUT2D eigenvalue weighted by molar-refractivity contribution is 7.07. The van der Waals surface area contributed by atoms with E-state index in [4.69, 9.17) is 19.2 Å². The number of esters is 1. The molecule has 3 aliphatic rings. The van der Waals surface area contributed by atoms with Gasteiger partial charge in [-0.2, -0.15) is 0 Å². The van der Waals surface area contributed by atoms with Crippen molar-refractivity contribution in [3.05, 3.63) is 119 Å². The van der Waals surface area contributed by atoms with Crippen LogP contribution in [0.2, 0.25) is 0 Å². The summed E-state index contributed by atoms with van der Waals surface area (Å²) in [5.41, 5.74) is 2.81. The standard InChI is InChI=1S/C34H31N5O7S/c1-3-44-33(41)29-30(21-7-5-4-6-8-21)35-34-38(31(29)22-9-12-26-27(18-22)46-20-45-26)32(40)28(47-34)19-23-17-24(39(42)43)10-11-25(23)37-15-13-36(2)14-16-37/h4-12,17-19,31H,3,13-16,20H2,1-2H3/b28-19+/t31-/m0/s1. The fraction of sp³-hybridized carbons (Fsp3) is 0.265. The number of fused-ring (bicyclic) bond motifs is 2. The van der Waals surface area contributed by atoms with E-state index in [9.17, 15) is 19.7 Å². The van der Waals surface area contributed by atoms with Crippen molar-refractivity contribution in [1.82, 2.24) is 9.47 Å². The molecule has 0 spiro atoms. The summed E-state index contributed by atoms with van der Waals surface area (Å²) >= 11 is 1.17. The molecule has 0 saturated carbocycles. The van der Waals surface area contributed by atoms with E-state index in [1.165, 1.54) is 28.0 Å². The number of nitro groups is 1. The van der Waals surface area contributed by atoms with Gasteiger partial charge in [0.05, 0.1) is 33.4 Å². The van der Waals surface area contributed by atoms with Gasteiger partial charge >= 0.3 is 5.97 Å². The number of benzene rings is 3. The van der Waals surface area contributed by atoms with Gasteiger partial charge in [-0.3, -0.25) is 19.5 Å². The van der Waals surface area contributed by atoms with E-state index in [-0.39, 0.29) is 30.2 Å². The van der Waals surface area contributed by atoms with E-state index in [0.29, 0.717) is 43.2 Å². The molecule has 1 atom stereocenters. The van der Waals surface area contributed by atoms with E-state index in [1.807, 2.05) is 30.3 Å². The number of piperazine rings is 1. The van der Waals surface area contributed by atoms with Crippen LogP contribution in [0.3, 0.4) is 0 Å². The van der Waals surface area contributed by atoms with Gasteiger partial charge in [0.25, 0.3) is 11.2 Å². The van der Waals surface area contributed by atoms with Gasteiger partial charge in [-0.25, -0.2) is 9.79 Å². The van der Waals surface area contributed by atoms with E-state index in [1.54, 1.807) is 37.3 Å². The summed E-state index contributed by atoms with van der Waals surface area (Å²) in [4.78, 5) is 49.3. The first-order valence-electron chi connectivity index (χ1n) is 15.2. The van der Waals surface area contributed by atoms with E-state index < -0.39 is 16.9 Å². The summed E-state index contributed by atoms with van der Waals surface area (Å²) in [7, 11) is 2.06. The second kappa shape index (κ2) is 12.5. The Bertz CT molecular complexity index is 2100. The van der Waals surface area contributed by atoms with Gasteiger partial charge in [-0.1, -0.05) is 47.7 Å². The molecule has 0 aliphatic carbocycles. The Balaban J connectivity index is 1.47. The summed E-state index contributed by atoms with van der Waals surface area (Å²) in [5, 5.41) is 11.8. The third-order valence-electron chi connectivity index (χ3n) is 8.44. The molecule has 0 N–H and O–H groups in total. The van der Waals surface area contributed by atoms with Gasteiger partial charge in [-0.15, -0.1) is 0 Å². The van der Waals surface area contributed by atoms with Crippen molar-refractivity contribution >= 4 is 40.5 Å². The number of ether oxygens (including phenoxy) is 3. The molecule has 7 rings (SSSR count). The lowest BCUT2D eigenvalue weighted by Gasteiger charge is -2.34. The average Bonchev–Trinajstić information content (AvgIpc) is 3.68. The topological polar surface area (TPSA) is 129 Å². The van der Waals surface area contributed by atoms with Crippen LogP contribution in [0.15, 0.2) is 82.1 Å². The molecule has 1 saturated heterocycles. The van der Waals surface area contributed by atoms with Crippen molar-refractivity contribution in [2.75, 3.05) is 51.5 Å². The summed E-state index contributed by atoms with van der Waals surface area (Å²) in [6.45, 7) is 5.08. The van der Waals surface area contributed by atoms with Crippen molar-refractivity contribution in [3.8, 4) is 11.5 Å². The minimum Gasteiger partial charge on any atom is -0.463 e. The van der Waals surface area contributed by atoms with Crippen molar-refractivity contribution < 1.29 is 23.9 Å². The minimum atomic E-state index is -0.903. The van der Waals surface area contributed by atoms with Gasteiger partial charge in [0.15, 0.2) is 16.3 Å². The lowest BCUT2D eigenvalue weighted by molar-refractivity contribution is -0.384. The third-order valence-corrected chi connectivity index (χ3v) is 9.42. The second-order valence-corrected chi connectivity index (χ2v) is 12.3. The smallest absolute Gasteiger partial charge is 0.338 e. The number of hydrogen-bond donors (Lipinski definition) is 0. The highest BCUT2D eigenvalue weighted by atomic mass is 32.1. The Morgan fingerprint density at radius 2 is 1.83 bits per heavy atom. The maximum Gasteiger partial charge on any atom is 0.338 e. The van der Waals surface area contributed by atoms with Crippen molar-refractivity contribution in [1.29, 1.82) is 0 Å². The molecule has 4 aromatic rings. The van der Waals surface area contributed by atoms with Crippen LogP contribution in [0.25, 0.3) is 11.8 Å². The van der Waals surface area contributed by atoms with Gasteiger partial charge in [0.1, 0.15) is 0 Å². The number of thiazole rings is 1. The monoisotopic (exact) mass is 653 g/mol. The molecular formula is C34H31N5O7S. The van der Waals surface area contributed by atoms with Crippen LogP contribution in [0.1, 0.15) is 29.7 Å². The second-order valence-electron chi connectivity index (χ2n) is 11.3. The fourth-order valence-electron chi connectivity index (χ4n) is 6.09. The van der Waals surface area contributed by atoms with E-state index in [2.05, 4.69) is 16.8 Å². The molecule has 0 radical (unpaired) electrons. The van der Waals surface area contributed by atoms with Crippen LogP contribution in [0, 0.1) is 10.1 Å². The molecule has 12 nitrogen and oxygen atoms in total. The number of hydrogen-bond acceptors (Lipinski definition) is 11. The Hall–Kier alpha value is -5.27. The number of carbonyl (C=O) groups excluding carboxylic acids is 1. The van der Waals surface area contributed by atoms with Gasteiger partial charge in [-0.05, 0) is 43.8 Å². The molecule has 13 heteroatoms. The number of nitro benzene ring substituents is 1. The average molecular weight is 654 g/mol. The summed E-state index contributed by atoms with van der Waals surface area (Å²) in [6, 6.07) is 18.4. The van der Waals surface area contributed by atoms with Crippen LogP contribution in [0.4, 0.5) is 11.4 Å². The first-order valence-corrected chi connectivity index (χ1v) is 16.0. The first-order chi connectivity index (χ1) is 22.8. The van der Waals surface area contributed by atoms with Crippen LogP contribution < -0.4 is 29.3 Å². The SMILES string of the molecule is CCOC(=O)C1=C(c2ccccc2)N=c2s/c(=C/c3cc([N+](=O)[O-])ccc3N3CCN(C)CC3)c(=O)n2[C@H]1c1ccc2c(c1)OCO2. The Kier molecular flexibility index (Phi) is 8.08. The predicted octanol–water partition coefficient (Wildman–Crippen LogP) is 3.32. The molecule has 3 aromatic carbocycles. The molecular weight excluding hydrogens is 622 g/mol. The zero-order valence-corrected chi connectivity index (χ0v) is 26.6. The highest BCUT2D eigenvalue weighted by Crippen LogP contribution is 2.40. The molecule has 1 aromatic heterocycles. The van der Waals surface area contributed by atoms with Crippen LogP contribution in [0.5, 0.6) is 11.5 Å². The summed E-state index contributed by atoms with van der Waals surface area (Å²) < 4.78 is 18.6. The largest absolute Gasteiger partial charge is 0.463 e. The van der Waals surface area contributed by atoms with Crippen molar-refractivity contribution in [3.63, 3.8) is 0 Å². The minimum absolute atomic E-state index is 0.0657. The Morgan fingerprint density at radius 1 is 1.06 bits per heavy atom. The number of rotatable bonds is 7. The molecule has 4 heterocycles. The summed E-state index contributed by atoms with van der Waals surface area (Å²) in [6.07, 6.45) is 1.69. The molecule has 0 amide bonds. The van der Waals surface area contributed by atoms with Crippen LogP contribution >= 0.6 is 11.3 Å². The van der Waals surface area contributed by atoms with E-state index >= 15 is 0 Å². The molecule has 47 heavy (non-hydrogen) atoms. The Labute approximate surface area is 273 Å². The summed E-state index contributed by atoms with van der Waals surface area (Å²) in [5.74, 6) is 0.468. The number of carbonyl (C=O) groups is 1. The lowest BCUT2D eigenvalue weighted by Crippen LogP contribution is -2.44. The number of anilines is 1. The van der Waals surface area contributed by atoms with E-state index in [0.717, 1.165) is 31.9 Å². The maximum absolute atomic E-state index is 14.5. The number of nitrogens with zero attached hydrogens (tertiary/aromatic N) is 5. The molecule has 240 valence electrons. The quantitative estimate of drug-likeness (QED) is 0.168. The zero-order chi connectivity index (χ0) is 32.7. The predicted molar refractivity (Wildman–Crippen MR) is 176 cm³/mol. The van der Waals surface area contributed by atoms with Crippen LogP contribution in [-0.2, 0) is 9.53 Å². The highest BCUT2D eigenvalue weighted by Gasteiger charge is 2.36. The number of non-ortho nitro benzene ring substituents is 1. The fourth-order valence-corrected chi connectivity index (χ4v) is 7.08. The van der Waals surface area contributed by atoms with Crippen molar-refractivity contribution in [2.45, 2.75) is 13.0 Å². The lowest BCUT2D eigenvalue weighted by atomic mass is 9.93. The van der Waals surface area contributed by atoms with Gasteiger partial charge < -0.3 is 24.0 Å². The zero-order valence-electron chi connectivity index (χ0n) is 25.8. The number of aromatic nitrogens is 1. The van der Waals surface area contributed by atoms with Crippen LogP contribution in [-0.4, -0.2) is 67.0 Å². The van der Waals surface area contributed by atoms with Gasteiger partial charge in [0, 0.05) is 55.1 Å². The molecule has 1 fully saturated rings. The van der Waals surface area contributed by atoms with Crippen molar-refractivity contribution in [2.24, 2.45) is 4.99 Å². The number of likely N-dealkylation sites (N-methyl/N-ethyl adjacent to an activating group) is 1. The first kappa shape index (κ1) is 30.4. The molecule has 0 unspecified atom stereocenters. The molecule has 3 aliphatic heterocycles. The van der Waals surface area contributed by atoms with Gasteiger partial charge in [0.2, 0.25) is 6.79 Å². The molecule has 0 bridgehead atoms. The maximum atomic E-state index is 14.5.